The molecule has 1 aromatic rings. The van der Waals surface area contributed by atoms with Crippen LogP contribution in [0.15, 0.2) is 23.1 Å². The van der Waals surface area contributed by atoms with Gasteiger partial charge in [0.1, 0.15) is 0 Å². The smallest absolute Gasteiger partial charge is 0.310 e. The molecule has 23 heavy (non-hydrogen) atoms. The summed E-state index contributed by atoms with van der Waals surface area (Å²) in [6.45, 7) is 3.47. The highest BCUT2D eigenvalue weighted by atomic mass is 35.5. The largest absolute Gasteiger partial charge is 0.490 e. The molecule has 130 valence electrons. The molecular weight excluding hydrogens is 346 g/mol. The minimum atomic E-state index is -3.75. The summed E-state index contributed by atoms with van der Waals surface area (Å²) < 4.78 is 32.5. The summed E-state index contributed by atoms with van der Waals surface area (Å²) in [4.78, 5) is 10.2. The van der Waals surface area contributed by atoms with Gasteiger partial charge in [0.05, 0.1) is 16.9 Å². The molecule has 0 bridgehead atoms. The Morgan fingerprint density at radius 3 is 2.70 bits per heavy atom. The van der Waals surface area contributed by atoms with Crippen molar-refractivity contribution in [1.82, 2.24) is 10.0 Å². The number of nitrogens with one attached hydrogen (secondary N) is 2. The average molecular weight is 366 g/mol. The molecule has 0 amide bonds. The first-order valence-corrected chi connectivity index (χ1v) is 8.39. The Hall–Kier alpha value is -1.42. The number of hydrogen-bond donors (Lipinski definition) is 2. The van der Waals surface area contributed by atoms with E-state index in [1.807, 2.05) is 6.92 Å². The van der Waals surface area contributed by atoms with Crippen molar-refractivity contribution in [2.45, 2.75) is 24.3 Å². The Labute approximate surface area is 141 Å². The molecule has 2 unspecified atom stereocenters. The van der Waals surface area contributed by atoms with E-state index in [2.05, 4.69) is 10.0 Å². The lowest BCUT2D eigenvalue weighted by Gasteiger charge is -2.29. The van der Waals surface area contributed by atoms with Crippen LogP contribution in [-0.2, 0) is 10.0 Å². The maximum absolute atomic E-state index is 12.4. The highest BCUT2D eigenvalue weighted by Crippen LogP contribution is 2.29. The van der Waals surface area contributed by atoms with E-state index < -0.39 is 14.9 Å². The number of nitro groups is 1. The third kappa shape index (κ3) is 4.54. The number of ether oxygens (including phenoxy) is 1. The number of nitro benzene ring substituents is 1. The SMILES string of the molecule is COc1cc(S(=O)(=O)NC2CCNCC2C)ccc1[N+](=O)[O-].Cl. The van der Waals surface area contributed by atoms with Crippen molar-refractivity contribution in [3.8, 4) is 5.75 Å². The fourth-order valence-corrected chi connectivity index (χ4v) is 3.83. The van der Waals surface area contributed by atoms with E-state index in [1.165, 1.54) is 19.2 Å². The number of rotatable bonds is 5. The van der Waals surface area contributed by atoms with Gasteiger partial charge in [0.2, 0.25) is 10.0 Å². The molecule has 0 aromatic heterocycles. The first-order valence-electron chi connectivity index (χ1n) is 6.90. The number of hydrogen-bond acceptors (Lipinski definition) is 6. The van der Waals surface area contributed by atoms with Crippen LogP contribution < -0.4 is 14.8 Å². The Balaban J connectivity index is 0.00000264. The molecule has 1 aliphatic heterocycles. The summed E-state index contributed by atoms with van der Waals surface area (Å²) in [7, 11) is -2.48. The Morgan fingerprint density at radius 1 is 1.43 bits per heavy atom. The summed E-state index contributed by atoms with van der Waals surface area (Å²) in [5, 5.41) is 14.1. The van der Waals surface area contributed by atoms with Crippen molar-refractivity contribution in [3.63, 3.8) is 0 Å². The second-order valence-corrected chi connectivity index (χ2v) is 7.00. The molecule has 0 spiro atoms. The van der Waals surface area contributed by atoms with E-state index >= 15 is 0 Å². The van der Waals surface area contributed by atoms with E-state index in [1.54, 1.807) is 0 Å². The van der Waals surface area contributed by atoms with Gasteiger partial charge in [-0.05, 0) is 31.5 Å². The van der Waals surface area contributed by atoms with Crippen LogP contribution in [0.4, 0.5) is 5.69 Å². The van der Waals surface area contributed by atoms with Gasteiger partial charge in [-0.1, -0.05) is 6.92 Å². The molecule has 2 rings (SSSR count). The third-order valence-electron chi connectivity index (χ3n) is 3.75. The number of methoxy groups -OCH3 is 1. The normalized spacial score (nSPS) is 21.3. The molecule has 2 N–H and O–H groups in total. The summed E-state index contributed by atoms with van der Waals surface area (Å²) in [5.41, 5.74) is -0.267. The lowest BCUT2D eigenvalue weighted by atomic mass is 9.97. The molecule has 0 radical (unpaired) electrons. The van der Waals surface area contributed by atoms with Gasteiger partial charge in [0, 0.05) is 18.2 Å². The third-order valence-corrected chi connectivity index (χ3v) is 5.24. The molecule has 0 saturated carbocycles. The van der Waals surface area contributed by atoms with Crippen molar-refractivity contribution in [3.05, 3.63) is 28.3 Å². The second-order valence-electron chi connectivity index (χ2n) is 5.29. The molecule has 1 saturated heterocycles. The zero-order valence-electron chi connectivity index (χ0n) is 12.8. The van der Waals surface area contributed by atoms with Gasteiger partial charge < -0.3 is 10.1 Å². The number of piperidine rings is 1. The van der Waals surface area contributed by atoms with Crippen LogP contribution >= 0.6 is 12.4 Å². The number of sulfonamides is 1. The first kappa shape index (κ1) is 19.6. The maximum Gasteiger partial charge on any atom is 0.310 e. The highest BCUT2D eigenvalue weighted by molar-refractivity contribution is 7.89. The van der Waals surface area contributed by atoms with Crippen LogP contribution in [0.25, 0.3) is 0 Å². The van der Waals surface area contributed by atoms with Crippen molar-refractivity contribution in [2.75, 3.05) is 20.2 Å². The number of halogens is 1. The average Bonchev–Trinajstić information content (AvgIpc) is 2.48. The minimum Gasteiger partial charge on any atom is -0.490 e. The molecule has 1 aliphatic rings. The van der Waals surface area contributed by atoms with Gasteiger partial charge in [-0.25, -0.2) is 13.1 Å². The van der Waals surface area contributed by atoms with E-state index in [4.69, 9.17) is 4.74 Å². The van der Waals surface area contributed by atoms with Crippen LogP contribution in [0.3, 0.4) is 0 Å². The maximum atomic E-state index is 12.4. The minimum absolute atomic E-state index is 0. The molecular formula is C13H20ClN3O5S. The van der Waals surface area contributed by atoms with Crippen LogP contribution in [0, 0.1) is 16.0 Å². The molecule has 1 fully saturated rings. The van der Waals surface area contributed by atoms with Crippen molar-refractivity contribution in [2.24, 2.45) is 5.92 Å². The fourth-order valence-electron chi connectivity index (χ4n) is 2.43. The second kappa shape index (κ2) is 7.91. The molecule has 1 heterocycles. The van der Waals surface area contributed by atoms with Gasteiger partial charge >= 0.3 is 5.69 Å². The molecule has 10 heteroatoms. The summed E-state index contributed by atoms with van der Waals surface area (Å²) in [6, 6.07) is 3.37. The fraction of sp³-hybridized carbons (Fsp3) is 0.538. The van der Waals surface area contributed by atoms with E-state index in [0.29, 0.717) is 6.42 Å². The molecule has 2 atom stereocenters. The molecule has 8 nitrogen and oxygen atoms in total. The molecule has 1 aromatic carbocycles. The summed E-state index contributed by atoms with van der Waals surface area (Å²) >= 11 is 0. The Kier molecular flexibility index (Phi) is 6.75. The van der Waals surface area contributed by atoms with Crippen LogP contribution in [0.5, 0.6) is 5.75 Å². The number of nitrogens with zero attached hydrogens (tertiary/aromatic N) is 1. The van der Waals surface area contributed by atoms with Gasteiger partial charge in [-0.15, -0.1) is 12.4 Å². The standard InChI is InChI=1S/C13H19N3O5S.ClH/c1-9-8-14-6-5-11(9)15-22(19,20)10-3-4-12(16(17)18)13(7-10)21-2;/h3-4,7,9,11,14-15H,5-6,8H2,1-2H3;1H. The van der Waals surface area contributed by atoms with E-state index in [0.717, 1.165) is 19.2 Å². The number of benzene rings is 1. The Bertz CT molecular complexity index is 668. The van der Waals surface area contributed by atoms with Crippen molar-refractivity contribution in [1.29, 1.82) is 0 Å². The van der Waals surface area contributed by atoms with Gasteiger partial charge in [0.25, 0.3) is 0 Å². The van der Waals surface area contributed by atoms with Crippen LogP contribution in [0.2, 0.25) is 0 Å². The Morgan fingerprint density at radius 2 is 2.13 bits per heavy atom. The predicted molar refractivity (Wildman–Crippen MR) is 87.7 cm³/mol. The predicted octanol–water partition coefficient (Wildman–Crippen LogP) is 1.30. The molecule has 0 aliphatic carbocycles. The lowest BCUT2D eigenvalue weighted by molar-refractivity contribution is -0.385. The summed E-state index contributed by atoms with van der Waals surface area (Å²) in [6.07, 6.45) is 0.699. The van der Waals surface area contributed by atoms with Gasteiger partial charge in [0.15, 0.2) is 5.75 Å². The topological polar surface area (TPSA) is 111 Å². The van der Waals surface area contributed by atoms with Crippen molar-refractivity contribution >= 4 is 28.1 Å². The van der Waals surface area contributed by atoms with Crippen LogP contribution in [0.1, 0.15) is 13.3 Å². The quantitative estimate of drug-likeness (QED) is 0.601. The van der Waals surface area contributed by atoms with Crippen LogP contribution in [-0.4, -0.2) is 39.6 Å². The van der Waals surface area contributed by atoms with Crippen molar-refractivity contribution < 1.29 is 18.1 Å². The summed E-state index contributed by atoms with van der Waals surface area (Å²) in [5.74, 6) is 0.0923. The zero-order valence-corrected chi connectivity index (χ0v) is 14.4. The van der Waals surface area contributed by atoms with E-state index in [-0.39, 0.29) is 40.7 Å². The first-order chi connectivity index (χ1) is 10.3. The lowest BCUT2D eigenvalue weighted by Crippen LogP contribution is -2.48. The zero-order chi connectivity index (χ0) is 16.3. The van der Waals surface area contributed by atoms with E-state index in [9.17, 15) is 18.5 Å². The monoisotopic (exact) mass is 365 g/mol. The highest BCUT2D eigenvalue weighted by Gasteiger charge is 2.28. The van der Waals surface area contributed by atoms with Gasteiger partial charge in [-0.3, -0.25) is 10.1 Å². The van der Waals surface area contributed by atoms with Gasteiger partial charge in [-0.2, -0.15) is 0 Å².